The average Bonchev–Trinajstić information content (AvgIpc) is 3.08. The van der Waals surface area contributed by atoms with Gasteiger partial charge in [0.15, 0.2) is 17.2 Å². The summed E-state index contributed by atoms with van der Waals surface area (Å²) in [6.07, 6.45) is 0.760. The van der Waals surface area contributed by atoms with Crippen LogP contribution in [-0.4, -0.2) is 43.6 Å². The van der Waals surface area contributed by atoms with Crippen molar-refractivity contribution in [1.82, 2.24) is 4.90 Å². The summed E-state index contributed by atoms with van der Waals surface area (Å²) in [4.78, 5) is 14.6. The van der Waals surface area contributed by atoms with Crippen molar-refractivity contribution < 1.29 is 19.0 Å². The molecule has 2 heterocycles. The fourth-order valence-electron chi connectivity index (χ4n) is 4.29. The first kappa shape index (κ1) is 20.1. The molecule has 1 atom stereocenters. The van der Waals surface area contributed by atoms with E-state index in [4.69, 9.17) is 19.3 Å². The number of anilines is 1. The monoisotopic (exact) mass is 409 g/mol. The van der Waals surface area contributed by atoms with Crippen LogP contribution in [0.1, 0.15) is 31.9 Å². The molecular formula is C23H27N3O4. The third-order valence-electron chi connectivity index (χ3n) is 5.64. The molecule has 2 aromatic carbocycles. The molecule has 0 N–H and O–H groups in total. The second kappa shape index (κ2) is 7.89. The van der Waals surface area contributed by atoms with Crippen molar-refractivity contribution in [3.63, 3.8) is 0 Å². The van der Waals surface area contributed by atoms with Gasteiger partial charge in [-0.15, -0.1) is 5.10 Å². The standard InChI is InChI=1S/C23H27N3O4/c1-5-29-19-14-16-12-13-25-21(22(27)28-4)24-26(17-10-8-7-9-11-17)23(25,3)18(16)15-20(19)30-6-2/h7-11,14-15H,5-6,12-13H2,1-4H3. The van der Waals surface area contributed by atoms with Gasteiger partial charge in [-0.25, -0.2) is 9.80 Å². The summed E-state index contributed by atoms with van der Waals surface area (Å²) in [5.74, 6) is 1.30. The fourth-order valence-corrected chi connectivity index (χ4v) is 4.29. The predicted octanol–water partition coefficient (Wildman–Crippen LogP) is 3.52. The molecule has 30 heavy (non-hydrogen) atoms. The number of fused-ring (bicyclic) bond motifs is 3. The van der Waals surface area contributed by atoms with Gasteiger partial charge in [-0.1, -0.05) is 18.2 Å². The minimum absolute atomic E-state index is 0.307. The lowest BCUT2D eigenvalue weighted by Gasteiger charge is -2.46. The van der Waals surface area contributed by atoms with E-state index in [1.807, 2.05) is 60.2 Å². The van der Waals surface area contributed by atoms with E-state index in [9.17, 15) is 4.79 Å². The number of carbonyl (C=O) groups is 1. The van der Waals surface area contributed by atoms with E-state index in [0.717, 1.165) is 29.0 Å². The third-order valence-corrected chi connectivity index (χ3v) is 5.64. The highest BCUT2D eigenvalue weighted by Gasteiger charge is 2.52. The third kappa shape index (κ3) is 3.05. The van der Waals surface area contributed by atoms with Crippen LogP contribution < -0.4 is 14.5 Å². The number of esters is 1. The van der Waals surface area contributed by atoms with Crippen molar-refractivity contribution >= 4 is 17.5 Å². The summed E-state index contributed by atoms with van der Waals surface area (Å²) in [5.41, 5.74) is 2.38. The van der Waals surface area contributed by atoms with Gasteiger partial charge in [0.2, 0.25) is 5.84 Å². The van der Waals surface area contributed by atoms with Gasteiger partial charge < -0.3 is 19.1 Å². The highest BCUT2D eigenvalue weighted by atomic mass is 16.5. The van der Waals surface area contributed by atoms with Crippen LogP contribution in [0.3, 0.4) is 0 Å². The van der Waals surface area contributed by atoms with Gasteiger partial charge in [0.25, 0.3) is 0 Å². The quantitative estimate of drug-likeness (QED) is 0.681. The maximum atomic E-state index is 12.5. The van der Waals surface area contributed by atoms with Gasteiger partial charge in [0, 0.05) is 12.1 Å². The van der Waals surface area contributed by atoms with Crippen molar-refractivity contribution in [2.75, 3.05) is 31.9 Å². The Balaban J connectivity index is 1.90. The molecule has 1 unspecified atom stereocenters. The number of ether oxygens (including phenoxy) is 3. The normalized spacial score (nSPS) is 19.7. The van der Waals surface area contributed by atoms with Gasteiger partial charge in [0.1, 0.15) is 0 Å². The first-order valence-electron chi connectivity index (χ1n) is 10.3. The number of hydrogen-bond donors (Lipinski definition) is 0. The van der Waals surface area contributed by atoms with Crippen LogP contribution in [0, 0.1) is 0 Å². The second-order valence-electron chi connectivity index (χ2n) is 7.31. The van der Waals surface area contributed by atoms with E-state index >= 15 is 0 Å². The maximum absolute atomic E-state index is 12.5. The molecule has 0 spiro atoms. The number of carbonyl (C=O) groups excluding carboxylic acids is 1. The summed E-state index contributed by atoms with van der Waals surface area (Å²) in [6.45, 7) is 7.73. The number of benzene rings is 2. The summed E-state index contributed by atoms with van der Waals surface area (Å²) < 4.78 is 16.8. The molecule has 7 nitrogen and oxygen atoms in total. The van der Waals surface area contributed by atoms with Crippen LogP contribution in [-0.2, 0) is 21.6 Å². The smallest absolute Gasteiger partial charge is 0.375 e. The van der Waals surface area contributed by atoms with Gasteiger partial charge in [-0.3, -0.25) is 0 Å². The van der Waals surface area contributed by atoms with E-state index in [1.54, 1.807) is 0 Å². The molecule has 7 heteroatoms. The van der Waals surface area contributed by atoms with Gasteiger partial charge in [-0.2, -0.15) is 0 Å². The lowest BCUT2D eigenvalue weighted by Crippen LogP contribution is -2.55. The molecule has 2 aromatic rings. The summed E-state index contributed by atoms with van der Waals surface area (Å²) in [7, 11) is 1.38. The van der Waals surface area contributed by atoms with E-state index < -0.39 is 11.6 Å². The van der Waals surface area contributed by atoms with Crippen molar-refractivity contribution in [3.8, 4) is 11.5 Å². The largest absolute Gasteiger partial charge is 0.490 e. The molecule has 0 aromatic heterocycles. The number of methoxy groups -OCH3 is 1. The Morgan fingerprint density at radius 3 is 2.40 bits per heavy atom. The van der Waals surface area contributed by atoms with E-state index in [-0.39, 0.29) is 0 Å². The molecule has 0 bridgehead atoms. The number of para-hydroxylation sites is 1. The summed E-state index contributed by atoms with van der Waals surface area (Å²) in [5, 5.41) is 6.60. The topological polar surface area (TPSA) is 63.6 Å². The van der Waals surface area contributed by atoms with Crippen molar-refractivity contribution in [1.29, 1.82) is 0 Å². The zero-order valence-corrected chi connectivity index (χ0v) is 17.8. The molecule has 0 amide bonds. The zero-order valence-electron chi connectivity index (χ0n) is 17.8. The molecule has 0 aliphatic carbocycles. The molecule has 0 fully saturated rings. The highest BCUT2D eigenvalue weighted by Crippen LogP contribution is 2.47. The van der Waals surface area contributed by atoms with Crippen LogP contribution in [0.25, 0.3) is 0 Å². The van der Waals surface area contributed by atoms with Crippen molar-refractivity contribution in [2.45, 2.75) is 32.9 Å². The van der Waals surface area contributed by atoms with Crippen LogP contribution in [0.4, 0.5) is 5.69 Å². The molecule has 0 radical (unpaired) electrons. The lowest BCUT2D eigenvalue weighted by molar-refractivity contribution is -0.133. The Morgan fingerprint density at radius 2 is 1.77 bits per heavy atom. The van der Waals surface area contributed by atoms with Crippen LogP contribution in [0.15, 0.2) is 47.6 Å². The molecule has 0 saturated carbocycles. The minimum atomic E-state index is -0.699. The number of rotatable bonds is 6. The Morgan fingerprint density at radius 1 is 1.10 bits per heavy atom. The Bertz CT molecular complexity index is 976. The van der Waals surface area contributed by atoms with Gasteiger partial charge in [0.05, 0.1) is 26.0 Å². The average molecular weight is 409 g/mol. The number of hydrogen-bond acceptors (Lipinski definition) is 7. The maximum Gasteiger partial charge on any atom is 0.375 e. The van der Waals surface area contributed by atoms with E-state index in [1.165, 1.54) is 7.11 Å². The number of amidine groups is 1. The Labute approximate surface area is 176 Å². The lowest BCUT2D eigenvalue weighted by atomic mass is 9.87. The molecule has 0 saturated heterocycles. The van der Waals surface area contributed by atoms with Crippen LogP contribution >= 0.6 is 0 Å². The minimum Gasteiger partial charge on any atom is -0.490 e. The second-order valence-corrected chi connectivity index (χ2v) is 7.31. The fraction of sp³-hybridized carbons (Fsp3) is 0.391. The summed E-state index contributed by atoms with van der Waals surface area (Å²) >= 11 is 0. The van der Waals surface area contributed by atoms with Gasteiger partial charge in [-0.05, 0) is 57.0 Å². The molecule has 4 rings (SSSR count). The van der Waals surface area contributed by atoms with E-state index in [2.05, 4.69) is 13.0 Å². The van der Waals surface area contributed by atoms with Crippen molar-refractivity contribution in [3.05, 3.63) is 53.6 Å². The van der Waals surface area contributed by atoms with Crippen molar-refractivity contribution in [2.24, 2.45) is 5.10 Å². The van der Waals surface area contributed by atoms with Gasteiger partial charge >= 0.3 is 5.97 Å². The van der Waals surface area contributed by atoms with Crippen LogP contribution in [0.2, 0.25) is 0 Å². The molecular weight excluding hydrogens is 382 g/mol. The molecule has 2 aliphatic heterocycles. The SMILES string of the molecule is CCOc1cc2c(cc1OCC)C1(C)N(CC2)C(C(=O)OC)=NN1c1ccccc1. The zero-order chi connectivity index (χ0) is 21.3. The molecule has 2 aliphatic rings. The summed E-state index contributed by atoms with van der Waals surface area (Å²) in [6, 6.07) is 13.9. The Hall–Kier alpha value is -3.22. The Kier molecular flexibility index (Phi) is 5.28. The molecule has 158 valence electrons. The number of hydrazone groups is 1. The first-order valence-corrected chi connectivity index (χ1v) is 10.3. The predicted molar refractivity (Wildman–Crippen MR) is 115 cm³/mol. The number of nitrogens with zero attached hydrogens (tertiary/aromatic N) is 3. The van der Waals surface area contributed by atoms with Crippen LogP contribution in [0.5, 0.6) is 11.5 Å². The van der Waals surface area contributed by atoms with E-state index in [0.29, 0.717) is 31.3 Å². The first-order chi connectivity index (χ1) is 14.5. The highest BCUT2D eigenvalue weighted by molar-refractivity contribution is 6.36.